The number of halogens is 15. The second kappa shape index (κ2) is 48.5. The van der Waals surface area contributed by atoms with E-state index in [4.69, 9.17) is 5.73 Å². The van der Waals surface area contributed by atoms with Crippen LogP contribution in [0.1, 0.15) is 163 Å². The lowest BCUT2D eigenvalue weighted by molar-refractivity contribution is -0.144. The molecule has 786 valence electrons. The number of nitrogens with one attached hydrogen (secondary N) is 1. The Bertz CT molecular complexity index is 7020. The van der Waals surface area contributed by atoms with Gasteiger partial charge in [0.15, 0.2) is 5.69 Å². The molecule has 148 heavy (non-hydrogen) atoms. The van der Waals surface area contributed by atoms with E-state index < -0.39 is 65.0 Å². The van der Waals surface area contributed by atoms with Crippen molar-refractivity contribution in [1.29, 1.82) is 0 Å². The second-order valence-electron chi connectivity index (χ2n) is 34.5. The number of nitrogens with zero attached hydrogens (tertiary/aromatic N) is 18. The Labute approximate surface area is 861 Å². The van der Waals surface area contributed by atoms with E-state index >= 15 is 0 Å². The highest BCUT2D eigenvalue weighted by molar-refractivity contribution is 7.18. The van der Waals surface area contributed by atoms with Crippen molar-refractivity contribution < 1.29 is 99.7 Å². The van der Waals surface area contributed by atoms with Gasteiger partial charge in [0.05, 0.1) is 71.5 Å². The Morgan fingerprint density at radius 3 is 1.26 bits per heavy atom. The molecule has 6 amide bonds. The number of rotatable bonds is 22. The molecule has 3 aromatic carbocycles. The SMILES string of the molecule is CCN(C)C(=O)c1ccc(-c2cc(C(F)(F)F)n(C)n2)s1.CCn1nc(C(F)(F)F)cc1-c1ccnc(C(=O)N(C)C)c1.CN(C)C(=O)c1ccc(-c2cc(-c3ccccc3)nn2C)s1.Cn1nc(-c2ccc(C(=O)N3CCC(O)(c4ccccc4)CC3)s2)cc1C(F)(F)F.Cn1nc(-c2ccc(C(=O)N3CCC(c4ccccc4)CC3)s2)cc1C(F)(F)F.Cn1nc(-c2ccc(C(=O)NCCCCCN)s2)cc1C(F)(F)F. The molecule has 0 atom stereocenters. The average molecular weight is 2160 g/mol. The molecule has 0 spiro atoms. The molecular weight excluding hydrogens is 2050 g/mol. The maximum Gasteiger partial charge on any atom is 0.435 e. The van der Waals surface area contributed by atoms with Gasteiger partial charge in [0.25, 0.3) is 35.4 Å². The number of unbranched alkanes of at least 4 members (excludes halogenated alkanes) is 2. The third-order valence-corrected chi connectivity index (χ3v) is 29.2. The summed E-state index contributed by atoms with van der Waals surface area (Å²) >= 11 is 6.05. The van der Waals surface area contributed by atoms with Crippen molar-refractivity contribution in [2.45, 2.75) is 108 Å². The van der Waals surface area contributed by atoms with E-state index in [9.17, 15) is 99.7 Å². The highest BCUT2D eigenvalue weighted by Gasteiger charge is 2.42. The van der Waals surface area contributed by atoms with E-state index in [0.29, 0.717) is 115 Å². The monoisotopic (exact) mass is 2150 g/mol. The number of aryl methyl sites for hydroxylation is 6. The molecule has 2 fully saturated rings. The summed E-state index contributed by atoms with van der Waals surface area (Å²) in [6, 6.07) is 56.7. The van der Waals surface area contributed by atoms with Crippen molar-refractivity contribution >= 4 is 92.1 Å². The lowest BCUT2D eigenvalue weighted by atomic mass is 9.84. The first-order chi connectivity index (χ1) is 69.9. The van der Waals surface area contributed by atoms with Gasteiger partial charge in [-0.25, -0.2) is 0 Å². The molecule has 2 aliphatic rings. The zero-order valence-corrected chi connectivity index (χ0v) is 86.1. The van der Waals surface area contributed by atoms with Gasteiger partial charge in [-0.15, -0.1) is 56.7 Å². The van der Waals surface area contributed by atoms with Crippen molar-refractivity contribution in [2.24, 2.45) is 41.0 Å². The molecule has 14 heterocycles. The fraction of sp³-hybridized carbons (Fsp3) is 0.337. The molecule has 12 aromatic heterocycles. The smallest absolute Gasteiger partial charge is 0.385 e. The number of likely N-dealkylation sites (tertiary alicyclic amines) is 2. The zero-order valence-electron chi connectivity index (χ0n) is 82.0. The average Bonchev–Trinajstić information content (AvgIpc) is 1.68. The number of piperidine rings is 2. The van der Waals surface area contributed by atoms with Gasteiger partial charge in [-0.3, -0.25) is 61.8 Å². The predicted octanol–water partition coefficient (Wildman–Crippen LogP) is 22.0. The quantitative estimate of drug-likeness (QED) is 0.0420. The standard InChI is InChI=1S/C21H20F3N3O2S.C21H20F3N3OS.C17H17N3OS.C15H19F3N4OS.C14H15F3N4O.C13H14F3N3OS/c1-26-18(21(22,23)24)13-15(25-26)16-7-8-17(30-16)19(28)27-11-9-20(29,10-12-27)14-5-3-2-4-6-14;1-26-19(21(22,23)24)13-16(25-26)17-7-8-18(29-17)20(28)27-11-9-15(10-12-27)14-5-3-2-4-6-14;1-19(2)17(21)16-10-9-15(22-16)14-11-13(18-20(14)3)12-7-5-4-6-8-12;1-22-13(15(16,17)18)9-10(21-22)11-5-6-12(24-11)14(23)20-8-4-2-3-7-19;1-4-21-11(8-12(19-21)14(15,16)17)9-5-6-18-10(7-9)13(22)20(2)3;1-4-18(2)12(20)10-6-5-9(21-10)8-7-11(13(14,15)16)19(3)17-8/h2-8,13,29H,9-12H2,1H3;2-8,13,15H,9-12H2,1H3;4-11H,1-3H3;5-6,9H,2-4,7-8,19H2,1H3,(H,20,23);5-8H,4H2,1-3H3;5-7H,4H2,1-3H3. The lowest BCUT2D eigenvalue weighted by Crippen LogP contribution is -2.45. The van der Waals surface area contributed by atoms with Gasteiger partial charge < -0.3 is 40.7 Å². The summed E-state index contributed by atoms with van der Waals surface area (Å²) in [6.07, 6.45) is -15.6. The summed E-state index contributed by atoms with van der Waals surface area (Å²) in [5, 5.41) is 37.5. The first-order valence-corrected chi connectivity index (χ1v) is 50.2. The molecular formula is C101H105F15N20O7S5. The van der Waals surface area contributed by atoms with E-state index in [1.54, 1.807) is 107 Å². The number of hydrogen-bond acceptors (Lipinski definition) is 20. The molecule has 4 N–H and O–H groups in total. The maximum absolute atomic E-state index is 13.0. The molecule has 15 aromatic rings. The molecule has 27 nitrogen and oxygen atoms in total. The van der Waals surface area contributed by atoms with Crippen molar-refractivity contribution in [2.75, 3.05) is 81.1 Å². The maximum atomic E-state index is 13.0. The topological polar surface area (TPSA) is 297 Å². The van der Waals surface area contributed by atoms with Crippen LogP contribution >= 0.6 is 56.7 Å². The molecule has 0 unspecified atom stereocenters. The Morgan fingerprint density at radius 2 is 0.824 bits per heavy atom. The van der Waals surface area contributed by atoms with Crippen LogP contribution in [0.4, 0.5) is 65.9 Å². The van der Waals surface area contributed by atoms with Crippen molar-refractivity contribution in [3.05, 3.63) is 276 Å². The van der Waals surface area contributed by atoms with Crippen molar-refractivity contribution in [1.82, 2.24) is 93.5 Å². The highest BCUT2D eigenvalue weighted by Crippen LogP contribution is 2.43. The van der Waals surface area contributed by atoms with E-state index in [0.717, 1.165) is 147 Å². The van der Waals surface area contributed by atoms with Crippen LogP contribution in [0.25, 0.3) is 75.4 Å². The minimum atomic E-state index is -4.51. The molecule has 2 saturated heterocycles. The molecule has 47 heteroatoms. The minimum Gasteiger partial charge on any atom is -0.385 e. The third-order valence-electron chi connectivity index (χ3n) is 23.7. The van der Waals surface area contributed by atoms with Crippen LogP contribution in [0.5, 0.6) is 0 Å². The fourth-order valence-corrected chi connectivity index (χ4v) is 20.4. The first-order valence-electron chi connectivity index (χ1n) is 46.1. The molecule has 0 bridgehead atoms. The van der Waals surface area contributed by atoms with Gasteiger partial charge in [0.2, 0.25) is 0 Å². The number of aromatic nitrogens is 13. The largest absolute Gasteiger partial charge is 0.435 e. The van der Waals surface area contributed by atoms with E-state index in [-0.39, 0.29) is 70.5 Å². The normalized spacial score (nSPS) is 13.3. The van der Waals surface area contributed by atoms with Gasteiger partial charge in [0, 0.05) is 134 Å². The lowest BCUT2D eigenvalue weighted by Gasteiger charge is -2.38. The van der Waals surface area contributed by atoms with E-state index in [1.165, 1.54) is 83.2 Å². The van der Waals surface area contributed by atoms with Crippen molar-refractivity contribution in [3.63, 3.8) is 0 Å². The number of alkyl halides is 15. The van der Waals surface area contributed by atoms with Crippen LogP contribution < -0.4 is 11.1 Å². The highest BCUT2D eigenvalue weighted by atomic mass is 32.1. The van der Waals surface area contributed by atoms with Gasteiger partial charge >= 0.3 is 30.9 Å². The second-order valence-corrected chi connectivity index (χ2v) is 39.9. The first kappa shape index (κ1) is 113. The number of aliphatic hydroxyl groups is 1. The van der Waals surface area contributed by atoms with Gasteiger partial charge in [-0.05, 0) is 185 Å². The summed E-state index contributed by atoms with van der Waals surface area (Å²) in [6.45, 7) is 7.72. The number of benzene rings is 3. The predicted molar refractivity (Wildman–Crippen MR) is 538 cm³/mol. The zero-order chi connectivity index (χ0) is 108. The van der Waals surface area contributed by atoms with Crippen LogP contribution in [-0.2, 0) is 78.3 Å². The van der Waals surface area contributed by atoms with E-state index in [2.05, 4.69) is 59.1 Å². The summed E-state index contributed by atoms with van der Waals surface area (Å²) in [7, 11) is 15.3. The number of carbonyl (C=O) groups excluding carboxylic acids is 6. The molecule has 0 radical (unpaired) electrons. The number of carbonyl (C=O) groups is 6. The molecule has 2 aliphatic heterocycles. The van der Waals surface area contributed by atoms with E-state index in [1.807, 2.05) is 115 Å². The minimum absolute atomic E-state index is 0.0294. The summed E-state index contributed by atoms with van der Waals surface area (Å²) in [5.41, 5.74) is 7.14. The Morgan fingerprint density at radius 1 is 0.419 bits per heavy atom. The number of amides is 6. The number of hydrogen-bond donors (Lipinski definition) is 3. The van der Waals surface area contributed by atoms with Crippen LogP contribution in [0, 0.1) is 0 Å². The number of pyridine rings is 1. The molecule has 0 aliphatic carbocycles. The summed E-state index contributed by atoms with van der Waals surface area (Å²) in [4.78, 5) is 91.4. The van der Waals surface area contributed by atoms with Gasteiger partial charge in [-0.1, -0.05) is 97.4 Å². The van der Waals surface area contributed by atoms with Gasteiger partial charge in [-0.2, -0.15) is 96.4 Å². The van der Waals surface area contributed by atoms with Gasteiger partial charge in [0.1, 0.15) is 51.2 Å². The van der Waals surface area contributed by atoms with Crippen LogP contribution in [0.15, 0.2) is 206 Å². The Balaban J connectivity index is 0.000000159. The summed E-state index contributed by atoms with van der Waals surface area (Å²) < 4.78 is 199. The van der Waals surface area contributed by atoms with Crippen LogP contribution in [0.2, 0.25) is 0 Å². The van der Waals surface area contributed by atoms with Crippen molar-refractivity contribution in [3.8, 4) is 75.4 Å². The van der Waals surface area contributed by atoms with Crippen LogP contribution in [0.3, 0.4) is 0 Å². The third kappa shape index (κ3) is 28.6. The Hall–Kier alpha value is -13.7. The molecule has 0 saturated carbocycles. The Kier molecular flexibility index (Phi) is 37.0. The van der Waals surface area contributed by atoms with Crippen LogP contribution in [-0.4, -0.2) is 210 Å². The fourth-order valence-electron chi connectivity index (χ4n) is 15.6. The number of thiophene rings is 5. The summed E-state index contributed by atoms with van der Waals surface area (Å²) in [5.74, 6) is -0.476. The number of nitrogens with two attached hydrogens (primary N) is 1. The molecule has 17 rings (SSSR count).